The number of pyridine rings is 1. The van der Waals surface area contributed by atoms with Gasteiger partial charge in [0, 0.05) is 24.0 Å². The van der Waals surface area contributed by atoms with Crippen LogP contribution in [0.5, 0.6) is 0 Å². The summed E-state index contributed by atoms with van der Waals surface area (Å²) in [6.45, 7) is 1.77. The Morgan fingerprint density at radius 3 is 2.60 bits per heavy atom. The number of hydrogen-bond donors (Lipinski definition) is 0. The van der Waals surface area contributed by atoms with E-state index in [4.69, 9.17) is 5.26 Å². The molecule has 0 amide bonds. The largest absolute Gasteiger partial charge is 0.265 e. The molecule has 0 saturated carbocycles. The van der Waals surface area contributed by atoms with Crippen molar-refractivity contribution in [2.75, 3.05) is 0 Å². The van der Waals surface area contributed by atoms with Crippen LogP contribution >= 0.6 is 0 Å². The van der Waals surface area contributed by atoms with E-state index in [-0.39, 0.29) is 0 Å². The van der Waals surface area contributed by atoms with E-state index in [9.17, 15) is 0 Å². The molecule has 0 fully saturated rings. The van der Waals surface area contributed by atoms with Gasteiger partial charge >= 0.3 is 0 Å². The summed E-state index contributed by atoms with van der Waals surface area (Å²) in [4.78, 5) is 12.2. The minimum absolute atomic E-state index is 0.384. The third kappa shape index (κ3) is 1.97. The predicted molar refractivity (Wildman–Crippen MR) is 54.7 cm³/mol. The van der Waals surface area contributed by atoms with Gasteiger partial charge in [0.05, 0.1) is 5.69 Å². The smallest absolute Gasteiger partial charge is 0.144 e. The maximum atomic E-state index is 8.78. The van der Waals surface area contributed by atoms with Crippen molar-refractivity contribution in [3.05, 3.63) is 42.1 Å². The molecule has 2 aromatic heterocycles. The quantitative estimate of drug-likeness (QED) is 0.696. The van der Waals surface area contributed by atoms with Crippen molar-refractivity contribution in [1.29, 1.82) is 5.26 Å². The summed E-state index contributed by atoms with van der Waals surface area (Å²) in [6.07, 6.45) is 3.39. The zero-order valence-electron chi connectivity index (χ0n) is 8.18. The van der Waals surface area contributed by atoms with E-state index in [1.807, 2.05) is 18.2 Å². The fraction of sp³-hybridized carbons (Fsp3) is 0.0909. The highest BCUT2D eigenvalue weighted by atomic mass is 14.9. The van der Waals surface area contributed by atoms with Crippen LogP contribution in [-0.2, 0) is 0 Å². The number of nitriles is 1. The predicted octanol–water partition coefficient (Wildman–Crippen LogP) is 1.72. The maximum Gasteiger partial charge on any atom is 0.144 e. The van der Waals surface area contributed by atoms with Crippen LogP contribution in [0.25, 0.3) is 11.3 Å². The number of aryl methyl sites for hydroxylation is 1. The first kappa shape index (κ1) is 9.28. The van der Waals surface area contributed by atoms with E-state index in [0.29, 0.717) is 11.5 Å². The van der Waals surface area contributed by atoms with Gasteiger partial charge < -0.3 is 0 Å². The van der Waals surface area contributed by atoms with Crippen LogP contribution in [0.1, 0.15) is 11.5 Å². The summed E-state index contributed by atoms with van der Waals surface area (Å²) in [6, 6.07) is 7.38. The molecule has 0 atom stereocenters. The monoisotopic (exact) mass is 196 g/mol. The molecule has 0 bridgehead atoms. The third-order valence-corrected chi connectivity index (χ3v) is 1.93. The van der Waals surface area contributed by atoms with Gasteiger partial charge in [-0.1, -0.05) is 0 Å². The highest BCUT2D eigenvalue weighted by Gasteiger charge is 2.03. The van der Waals surface area contributed by atoms with Gasteiger partial charge in [-0.2, -0.15) is 5.26 Å². The zero-order chi connectivity index (χ0) is 10.7. The van der Waals surface area contributed by atoms with Crippen LogP contribution in [0.3, 0.4) is 0 Å². The Kier molecular flexibility index (Phi) is 2.38. The highest BCUT2D eigenvalue weighted by molar-refractivity contribution is 5.59. The number of aromatic nitrogens is 3. The second-order valence-corrected chi connectivity index (χ2v) is 3.03. The van der Waals surface area contributed by atoms with Crippen molar-refractivity contribution in [2.24, 2.45) is 0 Å². The van der Waals surface area contributed by atoms with Crippen molar-refractivity contribution in [3.63, 3.8) is 0 Å². The zero-order valence-corrected chi connectivity index (χ0v) is 8.18. The third-order valence-electron chi connectivity index (χ3n) is 1.93. The SMILES string of the molecule is Cc1nc(C#N)cc(-c2ccncc2)n1. The number of hydrogen-bond acceptors (Lipinski definition) is 4. The summed E-state index contributed by atoms with van der Waals surface area (Å²) in [5, 5.41) is 8.78. The van der Waals surface area contributed by atoms with Crippen LogP contribution in [0.4, 0.5) is 0 Å². The van der Waals surface area contributed by atoms with E-state index in [2.05, 4.69) is 15.0 Å². The molecule has 0 aromatic carbocycles. The van der Waals surface area contributed by atoms with Crippen LogP contribution in [0.15, 0.2) is 30.6 Å². The Hall–Kier alpha value is -2.28. The summed E-state index contributed by atoms with van der Waals surface area (Å²) in [5.41, 5.74) is 2.07. The minimum Gasteiger partial charge on any atom is -0.265 e. The van der Waals surface area contributed by atoms with Gasteiger partial charge in [-0.25, -0.2) is 9.97 Å². The molecule has 4 heteroatoms. The lowest BCUT2D eigenvalue weighted by atomic mass is 10.2. The van der Waals surface area contributed by atoms with Crippen molar-refractivity contribution in [3.8, 4) is 17.3 Å². The van der Waals surface area contributed by atoms with Crippen LogP contribution in [0, 0.1) is 18.3 Å². The molecule has 0 N–H and O–H groups in total. The molecular weight excluding hydrogens is 188 g/mol. The minimum atomic E-state index is 0.384. The summed E-state index contributed by atoms with van der Waals surface area (Å²) >= 11 is 0. The molecule has 0 aliphatic carbocycles. The Morgan fingerprint density at radius 1 is 1.20 bits per heavy atom. The lowest BCUT2D eigenvalue weighted by Crippen LogP contribution is -1.94. The fourth-order valence-electron chi connectivity index (χ4n) is 1.30. The van der Waals surface area contributed by atoms with Gasteiger partial charge in [-0.3, -0.25) is 4.98 Å². The molecule has 2 rings (SSSR count). The summed E-state index contributed by atoms with van der Waals surface area (Å²) in [5.74, 6) is 0.598. The molecule has 0 aliphatic heterocycles. The van der Waals surface area contributed by atoms with Gasteiger partial charge in [0.2, 0.25) is 0 Å². The fourth-order valence-corrected chi connectivity index (χ4v) is 1.30. The van der Waals surface area contributed by atoms with Gasteiger partial charge in [0.15, 0.2) is 0 Å². The molecule has 0 radical (unpaired) electrons. The number of rotatable bonds is 1. The molecule has 2 heterocycles. The van der Waals surface area contributed by atoms with E-state index in [1.54, 1.807) is 25.4 Å². The normalized spacial score (nSPS) is 9.60. The van der Waals surface area contributed by atoms with E-state index >= 15 is 0 Å². The lowest BCUT2D eigenvalue weighted by molar-refractivity contribution is 1.04. The van der Waals surface area contributed by atoms with E-state index in [1.165, 1.54) is 0 Å². The molecular formula is C11H8N4. The van der Waals surface area contributed by atoms with Crippen LogP contribution in [-0.4, -0.2) is 15.0 Å². The molecule has 4 nitrogen and oxygen atoms in total. The maximum absolute atomic E-state index is 8.78. The lowest BCUT2D eigenvalue weighted by Gasteiger charge is -2.01. The summed E-state index contributed by atoms with van der Waals surface area (Å²) in [7, 11) is 0. The van der Waals surface area contributed by atoms with E-state index < -0.39 is 0 Å². The van der Waals surface area contributed by atoms with Gasteiger partial charge in [-0.05, 0) is 19.1 Å². The molecule has 2 aromatic rings. The van der Waals surface area contributed by atoms with Crippen molar-refractivity contribution < 1.29 is 0 Å². The van der Waals surface area contributed by atoms with Gasteiger partial charge in [0.25, 0.3) is 0 Å². The standard InChI is InChI=1S/C11H8N4/c1-8-14-10(7-12)6-11(15-8)9-2-4-13-5-3-9/h2-6H,1H3. The van der Waals surface area contributed by atoms with Crippen molar-refractivity contribution >= 4 is 0 Å². The average Bonchev–Trinajstić information content (AvgIpc) is 2.29. The second kappa shape index (κ2) is 3.84. The first-order chi connectivity index (χ1) is 7.29. The molecule has 0 unspecified atom stereocenters. The Morgan fingerprint density at radius 2 is 1.93 bits per heavy atom. The molecule has 72 valence electrons. The highest BCUT2D eigenvalue weighted by Crippen LogP contribution is 2.16. The topological polar surface area (TPSA) is 62.5 Å². The first-order valence-corrected chi connectivity index (χ1v) is 4.46. The number of nitrogens with zero attached hydrogens (tertiary/aromatic N) is 4. The molecule has 0 saturated heterocycles. The second-order valence-electron chi connectivity index (χ2n) is 3.03. The van der Waals surface area contributed by atoms with E-state index in [0.717, 1.165) is 11.3 Å². The molecule has 0 spiro atoms. The Labute approximate surface area is 87.3 Å². The summed E-state index contributed by atoms with van der Waals surface area (Å²) < 4.78 is 0. The average molecular weight is 196 g/mol. The van der Waals surface area contributed by atoms with Crippen molar-refractivity contribution in [2.45, 2.75) is 6.92 Å². The first-order valence-electron chi connectivity index (χ1n) is 4.46. The molecule has 15 heavy (non-hydrogen) atoms. The Bertz CT molecular complexity index is 514. The van der Waals surface area contributed by atoms with Crippen LogP contribution < -0.4 is 0 Å². The molecule has 0 aliphatic rings. The van der Waals surface area contributed by atoms with Gasteiger partial charge in [0.1, 0.15) is 17.6 Å². The Balaban J connectivity index is 2.55. The van der Waals surface area contributed by atoms with Crippen LogP contribution in [0.2, 0.25) is 0 Å². The van der Waals surface area contributed by atoms with Crippen molar-refractivity contribution in [1.82, 2.24) is 15.0 Å². The van der Waals surface area contributed by atoms with Gasteiger partial charge in [-0.15, -0.1) is 0 Å².